The lowest BCUT2D eigenvalue weighted by Crippen LogP contribution is -2.32. The molecule has 0 bridgehead atoms. The highest BCUT2D eigenvalue weighted by Gasteiger charge is 2.13. The first-order chi connectivity index (χ1) is 5.99. The van der Waals surface area contributed by atoms with Gasteiger partial charge in [-0.05, 0) is 0 Å². The van der Waals surface area contributed by atoms with Gasteiger partial charge >= 0.3 is 5.97 Å². The predicted octanol–water partition coefficient (Wildman–Crippen LogP) is -0.506. The van der Waals surface area contributed by atoms with Crippen molar-refractivity contribution in [3.8, 4) is 0 Å². The largest absolute Gasteiger partial charge is 0.480 e. The molecule has 0 aliphatic rings. The van der Waals surface area contributed by atoms with Gasteiger partial charge in [0.25, 0.3) is 0 Å². The van der Waals surface area contributed by atoms with Crippen molar-refractivity contribution in [2.45, 2.75) is 18.9 Å². The number of hydrogen-bond acceptors (Lipinski definition) is 4. The fraction of sp³-hybridized carbons (Fsp3) is 0.375. The topological polar surface area (TPSA) is 115 Å². The molecule has 0 rings (SSSR count). The molecule has 0 aromatic carbocycles. The summed E-state index contributed by atoms with van der Waals surface area (Å²) in [5, 5.41) is 8.48. The number of carbonyl (C=O) groups is 1. The fourth-order valence-electron chi connectivity index (χ4n) is 0.742. The number of hydrogen-bond donors (Lipinski definition) is 4. The molecular formula is C8H15N3O2. The summed E-state index contributed by atoms with van der Waals surface area (Å²) in [5.74, 6) is -1.09. The van der Waals surface area contributed by atoms with Crippen molar-refractivity contribution in [3.63, 3.8) is 0 Å². The molecule has 5 nitrogen and oxygen atoms in total. The SMILES string of the molecule is C=CC/C(N)=C(\N)C[C@H](N)C(=O)O. The van der Waals surface area contributed by atoms with Gasteiger partial charge in [0.1, 0.15) is 6.04 Å². The normalized spacial score (nSPS) is 14.5. The van der Waals surface area contributed by atoms with Gasteiger partial charge in [-0.3, -0.25) is 4.79 Å². The molecule has 7 N–H and O–H groups in total. The molecule has 0 spiro atoms. The van der Waals surface area contributed by atoms with E-state index in [1.165, 1.54) is 0 Å². The van der Waals surface area contributed by atoms with Crippen molar-refractivity contribution in [1.82, 2.24) is 0 Å². The molecule has 5 heteroatoms. The fourth-order valence-corrected chi connectivity index (χ4v) is 0.742. The Balaban J connectivity index is 4.26. The molecule has 0 aromatic heterocycles. The van der Waals surface area contributed by atoms with Crippen molar-refractivity contribution in [3.05, 3.63) is 24.0 Å². The van der Waals surface area contributed by atoms with Crippen LogP contribution in [0.25, 0.3) is 0 Å². The van der Waals surface area contributed by atoms with Crippen LogP contribution in [0.1, 0.15) is 12.8 Å². The third-order valence-electron chi connectivity index (χ3n) is 1.53. The molecule has 1 atom stereocenters. The monoisotopic (exact) mass is 185 g/mol. The Morgan fingerprint density at radius 1 is 1.46 bits per heavy atom. The molecule has 0 unspecified atom stereocenters. The second-order valence-electron chi connectivity index (χ2n) is 2.69. The standard InChI is InChI=1S/C8H15N3O2/c1-2-3-5(9)6(10)4-7(11)8(12)13/h2,7H,1,3-4,9-11H2,(H,12,13)/b6-5+/t7-/m0/s1. The molecule has 0 aliphatic carbocycles. The van der Waals surface area contributed by atoms with Crippen LogP contribution in [0.15, 0.2) is 24.0 Å². The molecule has 0 aliphatic heterocycles. The van der Waals surface area contributed by atoms with Crippen LogP contribution < -0.4 is 17.2 Å². The molecule has 0 aromatic rings. The van der Waals surface area contributed by atoms with E-state index in [0.717, 1.165) is 0 Å². The molecule has 0 saturated carbocycles. The van der Waals surface area contributed by atoms with Crippen molar-refractivity contribution < 1.29 is 9.90 Å². The lowest BCUT2D eigenvalue weighted by atomic mass is 10.1. The maximum atomic E-state index is 10.4. The Hall–Kier alpha value is -1.49. The number of carboxylic acid groups (broad SMARTS) is 1. The second-order valence-corrected chi connectivity index (χ2v) is 2.69. The number of rotatable bonds is 5. The van der Waals surface area contributed by atoms with Gasteiger partial charge < -0.3 is 22.3 Å². The highest BCUT2D eigenvalue weighted by molar-refractivity contribution is 5.73. The summed E-state index contributed by atoms with van der Waals surface area (Å²) in [6, 6.07) is -0.997. The van der Waals surface area contributed by atoms with Gasteiger partial charge in [0, 0.05) is 24.2 Å². The summed E-state index contributed by atoms with van der Waals surface area (Å²) in [4.78, 5) is 10.4. The van der Waals surface area contributed by atoms with Crippen molar-refractivity contribution in [2.75, 3.05) is 0 Å². The van der Waals surface area contributed by atoms with Gasteiger partial charge in [0.05, 0.1) is 0 Å². The van der Waals surface area contributed by atoms with Gasteiger partial charge in [-0.2, -0.15) is 0 Å². The minimum atomic E-state index is -1.09. The third kappa shape index (κ3) is 4.17. The van der Waals surface area contributed by atoms with Crippen LogP contribution in [0.4, 0.5) is 0 Å². The Bertz CT molecular complexity index is 236. The number of allylic oxidation sites excluding steroid dienone is 1. The van der Waals surface area contributed by atoms with Gasteiger partial charge in [0.2, 0.25) is 0 Å². The van der Waals surface area contributed by atoms with E-state index in [9.17, 15) is 4.79 Å². The highest BCUT2D eigenvalue weighted by Crippen LogP contribution is 2.04. The molecule has 0 heterocycles. The minimum absolute atomic E-state index is 0.0645. The average Bonchev–Trinajstić information content (AvgIpc) is 2.04. The molecule has 0 radical (unpaired) electrons. The maximum Gasteiger partial charge on any atom is 0.320 e. The number of carboxylic acids is 1. The van der Waals surface area contributed by atoms with Crippen molar-refractivity contribution in [1.29, 1.82) is 0 Å². The summed E-state index contributed by atoms with van der Waals surface area (Å²) in [5.41, 5.74) is 17.0. The summed E-state index contributed by atoms with van der Waals surface area (Å²) in [7, 11) is 0. The smallest absolute Gasteiger partial charge is 0.320 e. The molecule has 0 saturated heterocycles. The Morgan fingerprint density at radius 3 is 2.38 bits per heavy atom. The second kappa shape index (κ2) is 5.21. The van der Waals surface area contributed by atoms with Crippen LogP contribution in [-0.4, -0.2) is 17.1 Å². The van der Waals surface area contributed by atoms with E-state index in [-0.39, 0.29) is 6.42 Å². The summed E-state index contributed by atoms with van der Waals surface area (Å²) in [6.07, 6.45) is 2.10. The van der Waals surface area contributed by atoms with Crippen LogP contribution in [0.2, 0.25) is 0 Å². The Labute approximate surface area is 76.9 Å². The van der Waals surface area contributed by atoms with E-state index in [0.29, 0.717) is 17.8 Å². The van der Waals surface area contributed by atoms with E-state index in [4.69, 9.17) is 22.3 Å². The first-order valence-corrected chi connectivity index (χ1v) is 3.81. The van der Waals surface area contributed by atoms with Crippen LogP contribution in [0, 0.1) is 0 Å². The maximum absolute atomic E-state index is 10.4. The summed E-state index contributed by atoms with van der Waals surface area (Å²) < 4.78 is 0. The van der Waals surface area contributed by atoms with Crippen molar-refractivity contribution in [2.24, 2.45) is 17.2 Å². The molecule has 13 heavy (non-hydrogen) atoms. The predicted molar refractivity (Wildman–Crippen MR) is 50.4 cm³/mol. The molecule has 0 amide bonds. The summed E-state index contributed by atoms with van der Waals surface area (Å²) >= 11 is 0. The van der Waals surface area contributed by atoms with Crippen LogP contribution in [0.3, 0.4) is 0 Å². The van der Waals surface area contributed by atoms with Crippen LogP contribution >= 0.6 is 0 Å². The van der Waals surface area contributed by atoms with Crippen LogP contribution in [0.5, 0.6) is 0 Å². The summed E-state index contributed by atoms with van der Waals surface area (Å²) in [6.45, 7) is 3.48. The Morgan fingerprint density at radius 2 is 2.00 bits per heavy atom. The highest BCUT2D eigenvalue weighted by atomic mass is 16.4. The Kier molecular flexibility index (Phi) is 4.61. The molecule has 0 fully saturated rings. The van der Waals surface area contributed by atoms with Crippen molar-refractivity contribution >= 4 is 5.97 Å². The van der Waals surface area contributed by atoms with Gasteiger partial charge in [-0.15, -0.1) is 6.58 Å². The van der Waals surface area contributed by atoms with E-state index < -0.39 is 12.0 Å². The third-order valence-corrected chi connectivity index (χ3v) is 1.53. The lowest BCUT2D eigenvalue weighted by Gasteiger charge is -2.08. The van der Waals surface area contributed by atoms with Gasteiger partial charge in [-0.1, -0.05) is 6.08 Å². The molecular weight excluding hydrogens is 170 g/mol. The zero-order valence-corrected chi connectivity index (χ0v) is 7.36. The number of nitrogens with two attached hydrogens (primary N) is 3. The van der Waals surface area contributed by atoms with E-state index in [2.05, 4.69) is 6.58 Å². The average molecular weight is 185 g/mol. The van der Waals surface area contributed by atoms with E-state index in [1.807, 2.05) is 0 Å². The zero-order valence-electron chi connectivity index (χ0n) is 7.36. The van der Waals surface area contributed by atoms with Gasteiger partial charge in [-0.25, -0.2) is 0 Å². The zero-order chi connectivity index (χ0) is 10.4. The number of aliphatic carboxylic acids is 1. The minimum Gasteiger partial charge on any atom is -0.480 e. The first kappa shape index (κ1) is 11.5. The van der Waals surface area contributed by atoms with Gasteiger partial charge in [0.15, 0.2) is 0 Å². The first-order valence-electron chi connectivity index (χ1n) is 3.81. The quantitative estimate of drug-likeness (QED) is 0.431. The van der Waals surface area contributed by atoms with E-state index in [1.54, 1.807) is 6.08 Å². The van der Waals surface area contributed by atoms with E-state index >= 15 is 0 Å². The van der Waals surface area contributed by atoms with Crippen LogP contribution in [-0.2, 0) is 4.79 Å². The lowest BCUT2D eigenvalue weighted by molar-refractivity contribution is -0.138. The molecule has 74 valence electrons.